The molecule has 1 heterocycles. The first kappa shape index (κ1) is 16.7. The highest BCUT2D eigenvalue weighted by Gasteiger charge is 2.19. The summed E-state index contributed by atoms with van der Waals surface area (Å²) >= 11 is 1.21. The molecule has 0 aliphatic carbocycles. The minimum Gasteiger partial charge on any atom is -0.481 e. The van der Waals surface area contributed by atoms with E-state index in [-0.39, 0.29) is 17.7 Å². The molecule has 0 bridgehead atoms. The number of carboxylic acids is 1. The Kier molecular flexibility index (Phi) is 5.48. The second-order valence-electron chi connectivity index (χ2n) is 4.65. The van der Waals surface area contributed by atoms with Crippen molar-refractivity contribution in [2.45, 2.75) is 12.8 Å². The lowest BCUT2D eigenvalue weighted by Crippen LogP contribution is -2.14. The lowest BCUT2D eigenvalue weighted by molar-refractivity contribution is -0.138. The number of esters is 1. The molecule has 0 saturated carbocycles. The second kappa shape index (κ2) is 7.55. The number of hydrogen-bond acceptors (Lipinski definition) is 5. The first-order valence-corrected chi connectivity index (χ1v) is 7.62. The summed E-state index contributed by atoms with van der Waals surface area (Å²) in [4.78, 5) is 35.3. The SMILES string of the molecule is COC(=O)c1sc(-c2ccccc2)cc1NC(=O)CCC(=O)O. The van der Waals surface area contributed by atoms with Crippen molar-refractivity contribution in [3.05, 3.63) is 41.3 Å². The van der Waals surface area contributed by atoms with Crippen LogP contribution in [0.1, 0.15) is 22.5 Å². The zero-order valence-corrected chi connectivity index (χ0v) is 13.2. The second-order valence-corrected chi connectivity index (χ2v) is 5.71. The Bertz CT molecular complexity index is 723. The molecule has 0 fully saturated rings. The number of amides is 1. The normalized spacial score (nSPS) is 10.1. The Morgan fingerprint density at radius 2 is 1.87 bits per heavy atom. The fourth-order valence-corrected chi connectivity index (χ4v) is 2.94. The van der Waals surface area contributed by atoms with E-state index >= 15 is 0 Å². The van der Waals surface area contributed by atoms with E-state index in [1.165, 1.54) is 18.4 Å². The van der Waals surface area contributed by atoms with E-state index < -0.39 is 17.8 Å². The predicted octanol–water partition coefficient (Wildman–Crippen LogP) is 3.00. The van der Waals surface area contributed by atoms with E-state index in [1.807, 2.05) is 30.3 Å². The van der Waals surface area contributed by atoms with Gasteiger partial charge < -0.3 is 15.2 Å². The van der Waals surface area contributed by atoms with Crippen LogP contribution in [0.15, 0.2) is 36.4 Å². The van der Waals surface area contributed by atoms with Crippen molar-refractivity contribution in [3.8, 4) is 10.4 Å². The molecule has 0 spiro atoms. The first-order valence-electron chi connectivity index (χ1n) is 6.80. The molecule has 0 aliphatic rings. The van der Waals surface area contributed by atoms with Crippen LogP contribution in [0.3, 0.4) is 0 Å². The summed E-state index contributed by atoms with van der Waals surface area (Å²) in [7, 11) is 1.26. The molecule has 1 aromatic heterocycles. The maximum absolute atomic E-state index is 11.9. The van der Waals surface area contributed by atoms with Gasteiger partial charge in [-0.15, -0.1) is 11.3 Å². The average Bonchev–Trinajstić information content (AvgIpc) is 2.97. The molecule has 120 valence electrons. The van der Waals surface area contributed by atoms with E-state index in [0.29, 0.717) is 5.69 Å². The minimum absolute atomic E-state index is 0.160. The van der Waals surface area contributed by atoms with Crippen LogP contribution in [0, 0.1) is 0 Å². The van der Waals surface area contributed by atoms with Crippen LogP contribution in [0.4, 0.5) is 5.69 Å². The molecule has 0 aliphatic heterocycles. The number of carboxylic acid groups (broad SMARTS) is 1. The van der Waals surface area contributed by atoms with Crippen molar-refractivity contribution in [3.63, 3.8) is 0 Å². The summed E-state index contributed by atoms with van der Waals surface area (Å²) in [5.41, 5.74) is 1.24. The molecule has 0 radical (unpaired) electrons. The largest absolute Gasteiger partial charge is 0.481 e. The quantitative estimate of drug-likeness (QED) is 0.793. The molecule has 2 N–H and O–H groups in total. The Hall–Kier alpha value is -2.67. The van der Waals surface area contributed by atoms with Crippen LogP contribution in [0.25, 0.3) is 10.4 Å². The zero-order chi connectivity index (χ0) is 16.8. The molecular formula is C16H15NO5S. The van der Waals surface area contributed by atoms with Crippen LogP contribution in [-0.2, 0) is 14.3 Å². The summed E-state index contributed by atoms with van der Waals surface area (Å²) in [6.45, 7) is 0. The molecule has 6 nitrogen and oxygen atoms in total. The van der Waals surface area contributed by atoms with Gasteiger partial charge in [-0.1, -0.05) is 30.3 Å². The summed E-state index contributed by atoms with van der Waals surface area (Å²) in [5, 5.41) is 11.2. The summed E-state index contributed by atoms with van der Waals surface area (Å²) in [5.74, 6) is -2.07. The first-order chi connectivity index (χ1) is 11.0. The lowest BCUT2D eigenvalue weighted by atomic mass is 10.2. The summed E-state index contributed by atoms with van der Waals surface area (Å²) < 4.78 is 4.73. The number of nitrogens with one attached hydrogen (secondary N) is 1. The minimum atomic E-state index is -1.05. The average molecular weight is 333 g/mol. The van der Waals surface area contributed by atoms with Gasteiger partial charge in [0, 0.05) is 11.3 Å². The number of anilines is 1. The van der Waals surface area contributed by atoms with E-state index in [0.717, 1.165) is 10.4 Å². The van der Waals surface area contributed by atoms with Crippen LogP contribution < -0.4 is 5.32 Å². The van der Waals surface area contributed by atoms with Gasteiger partial charge in [0.05, 0.1) is 19.2 Å². The summed E-state index contributed by atoms with van der Waals surface area (Å²) in [6.07, 6.45) is -0.429. The molecule has 2 aromatic rings. The van der Waals surface area contributed by atoms with Gasteiger partial charge in [0.25, 0.3) is 0 Å². The highest BCUT2D eigenvalue weighted by atomic mass is 32.1. The highest BCUT2D eigenvalue weighted by molar-refractivity contribution is 7.18. The third-order valence-electron chi connectivity index (χ3n) is 3.00. The van der Waals surface area contributed by atoms with Crippen LogP contribution in [0.2, 0.25) is 0 Å². The number of rotatable bonds is 6. The van der Waals surface area contributed by atoms with Gasteiger partial charge in [0.2, 0.25) is 5.91 Å². The number of methoxy groups -OCH3 is 1. The van der Waals surface area contributed by atoms with Gasteiger partial charge in [-0.3, -0.25) is 9.59 Å². The highest BCUT2D eigenvalue weighted by Crippen LogP contribution is 2.35. The molecule has 1 aromatic carbocycles. The van der Waals surface area contributed by atoms with Crippen molar-refractivity contribution in [2.24, 2.45) is 0 Å². The van der Waals surface area contributed by atoms with Crippen molar-refractivity contribution in [1.82, 2.24) is 0 Å². The fourth-order valence-electron chi connectivity index (χ4n) is 1.91. The molecule has 7 heteroatoms. The Morgan fingerprint density at radius 1 is 1.17 bits per heavy atom. The fraction of sp³-hybridized carbons (Fsp3) is 0.188. The van der Waals surface area contributed by atoms with Gasteiger partial charge in [0.1, 0.15) is 4.88 Å². The molecular weight excluding hydrogens is 318 g/mol. The smallest absolute Gasteiger partial charge is 0.350 e. The molecule has 0 unspecified atom stereocenters. The number of aliphatic carboxylic acids is 1. The Labute approximate surface area is 136 Å². The van der Waals surface area contributed by atoms with Gasteiger partial charge in [-0.25, -0.2) is 4.79 Å². The standard InChI is InChI=1S/C16H15NO5S/c1-22-16(21)15-11(17-13(18)7-8-14(19)20)9-12(23-15)10-5-3-2-4-6-10/h2-6,9H,7-8H2,1H3,(H,17,18)(H,19,20). The van der Waals surface area contributed by atoms with Crippen molar-refractivity contribution in [1.29, 1.82) is 0 Å². The van der Waals surface area contributed by atoms with Crippen LogP contribution in [-0.4, -0.2) is 30.1 Å². The number of thiophene rings is 1. The molecule has 0 atom stereocenters. The Morgan fingerprint density at radius 3 is 2.48 bits per heavy atom. The van der Waals surface area contributed by atoms with E-state index in [4.69, 9.17) is 9.84 Å². The lowest BCUT2D eigenvalue weighted by Gasteiger charge is -2.04. The van der Waals surface area contributed by atoms with Crippen molar-refractivity contribution >= 4 is 34.9 Å². The monoisotopic (exact) mass is 333 g/mol. The van der Waals surface area contributed by atoms with E-state index in [9.17, 15) is 14.4 Å². The number of carbonyl (C=O) groups excluding carboxylic acids is 2. The zero-order valence-electron chi connectivity index (χ0n) is 12.4. The third kappa shape index (κ3) is 4.40. The van der Waals surface area contributed by atoms with Gasteiger partial charge in [-0.2, -0.15) is 0 Å². The predicted molar refractivity (Wildman–Crippen MR) is 86.6 cm³/mol. The maximum atomic E-state index is 11.9. The number of benzene rings is 1. The number of hydrogen-bond donors (Lipinski definition) is 2. The maximum Gasteiger partial charge on any atom is 0.350 e. The molecule has 2 rings (SSSR count). The van der Waals surface area contributed by atoms with Gasteiger partial charge in [-0.05, 0) is 11.6 Å². The molecule has 1 amide bonds. The van der Waals surface area contributed by atoms with Crippen molar-refractivity contribution in [2.75, 3.05) is 12.4 Å². The van der Waals surface area contributed by atoms with E-state index in [1.54, 1.807) is 6.07 Å². The van der Waals surface area contributed by atoms with E-state index in [2.05, 4.69) is 5.32 Å². The topological polar surface area (TPSA) is 92.7 Å². The summed E-state index contributed by atoms with van der Waals surface area (Å²) in [6, 6.07) is 11.1. The third-order valence-corrected chi connectivity index (χ3v) is 4.17. The Balaban J connectivity index is 2.26. The van der Waals surface area contributed by atoms with Crippen LogP contribution >= 0.6 is 11.3 Å². The number of carbonyl (C=O) groups is 3. The van der Waals surface area contributed by atoms with Crippen molar-refractivity contribution < 1.29 is 24.2 Å². The van der Waals surface area contributed by atoms with Gasteiger partial charge in [0.15, 0.2) is 0 Å². The van der Waals surface area contributed by atoms with Crippen LogP contribution in [0.5, 0.6) is 0 Å². The number of ether oxygens (including phenoxy) is 1. The molecule has 0 saturated heterocycles. The van der Waals surface area contributed by atoms with Gasteiger partial charge >= 0.3 is 11.9 Å². The molecule has 23 heavy (non-hydrogen) atoms.